The van der Waals surface area contributed by atoms with E-state index < -0.39 is 0 Å². The quantitative estimate of drug-likeness (QED) is 0.346. The second-order valence-corrected chi connectivity index (χ2v) is 11.2. The van der Waals surface area contributed by atoms with Crippen LogP contribution >= 0.6 is 11.6 Å². The van der Waals surface area contributed by atoms with Crippen LogP contribution in [0.25, 0.3) is 0 Å². The number of carbonyl (C=O) groups is 1. The molecule has 2 N–H and O–H groups in total. The Morgan fingerprint density at radius 3 is 2.56 bits per heavy atom. The molecule has 0 spiro atoms. The Morgan fingerprint density at radius 1 is 1.13 bits per heavy atom. The number of amides is 1. The highest BCUT2D eigenvalue weighted by Gasteiger charge is 2.28. The maximum atomic E-state index is 12.3. The van der Waals surface area contributed by atoms with Crippen LogP contribution in [0.15, 0.2) is 42.5 Å². The van der Waals surface area contributed by atoms with Crippen LogP contribution in [0.4, 0.5) is 5.69 Å². The summed E-state index contributed by atoms with van der Waals surface area (Å²) < 4.78 is 5.54. The average molecular weight is 553 g/mol. The van der Waals surface area contributed by atoms with Crippen LogP contribution < -0.4 is 15.0 Å². The molecule has 2 aromatic rings. The SMILES string of the molecule is COc1c(Cl)cccc1N1CCN(CCC2CCC(C(C#N)CCCNC(=O)c3ccccc3O)CC2)CC1. The van der Waals surface area contributed by atoms with Crippen molar-refractivity contribution in [2.24, 2.45) is 17.8 Å². The summed E-state index contributed by atoms with van der Waals surface area (Å²) in [5.74, 6) is 1.72. The van der Waals surface area contributed by atoms with Gasteiger partial charge in [0.2, 0.25) is 0 Å². The summed E-state index contributed by atoms with van der Waals surface area (Å²) in [6.07, 6.45) is 7.44. The molecule has 210 valence electrons. The number of piperazine rings is 1. The standard InChI is InChI=1S/C31H41ClN4O3/c1-39-30-27(32)8-4-9-28(30)36-20-18-35(19-21-36)17-15-23-11-13-24(14-12-23)25(22-33)6-5-16-34-31(38)26-7-2-3-10-29(26)37/h2-4,7-10,23-25,37H,5-6,11-21H2,1H3,(H,34,38). The lowest BCUT2D eigenvalue weighted by Gasteiger charge is -2.38. The van der Waals surface area contributed by atoms with E-state index in [0.29, 0.717) is 17.5 Å². The van der Waals surface area contributed by atoms with Gasteiger partial charge in [0.15, 0.2) is 5.75 Å². The van der Waals surface area contributed by atoms with Crippen molar-refractivity contribution >= 4 is 23.2 Å². The molecule has 2 aliphatic rings. The number of aromatic hydroxyl groups is 1. The molecule has 8 heteroatoms. The monoisotopic (exact) mass is 552 g/mol. The number of methoxy groups -OCH3 is 1. The van der Waals surface area contributed by atoms with E-state index in [1.54, 1.807) is 25.3 Å². The molecule has 2 fully saturated rings. The van der Waals surface area contributed by atoms with Gasteiger partial charge in [-0.2, -0.15) is 5.26 Å². The van der Waals surface area contributed by atoms with E-state index >= 15 is 0 Å². The maximum Gasteiger partial charge on any atom is 0.255 e. The molecular formula is C31H41ClN4O3. The Hall–Kier alpha value is -2.95. The molecule has 0 bridgehead atoms. The average Bonchev–Trinajstić information content (AvgIpc) is 2.97. The summed E-state index contributed by atoms with van der Waals surface area (Å²) >= 11 is 6.32. The highest BCUT2D eigenvalue weighted by molar-refractivity contribution is 6.32. The second-order valence-electron chi connectivity index (χ2n) is 10.8. The Kier molecular flexibility index (Phi) is 10.8. The number of benzene rings is 2. The van der Waals surface area contributed by atoms with Crippen molar-refractivity contribution in [2.45, 2.75) is 44.9 Å². The van der Waals surface area contributed by atoms with Crippen molar-refractivity contribution in [3.63, 3.8) is 0 Å². The summed E-state index contributed by atoms with van der Waals surface area (Å²) in [6.45, 7) is 5.68. The van der Waals surface area contributed by atoms with Gasteiger partial charge < -0.3 is 20.1 Å². The van der Waals surface area contributed by atoms with Gasteiger partial charge in [-0.15, -0.1) is 0 Å². The van der Waals surface area contributed by atoms with Crippen molar-refractivity contribution < 1.29 is 14.6 Å². The molecule has 2 aromatic carbocycles. The first-order valence-corrected chi connectivity index (χ1v) is 14.6. The number of phenolic OH excluding ortho intramolecular Hbond substituents is 1. The number of nitriles is 1. The predicted octanol–water partition coefficient (Wildman–Crippen LogP) is 5.72. The number of rotatable bonds is 11. The lowest BCUT2D eigenvalue weighted by Crippen LogP contribution is -2.47. The van der Waals surface area contributed by atoms with Gasteiger partial charge in [0, 0.05) is 38.6 Å². The zero-order valence-corrected chi connectivity index (χ0v) is 23.7. The molecule has 39 heavy (non-hydrogen) atoms. The van der Waals surface area contributed by atoms with Gasteiger partial charge in [-0.1, -0.05) is 42.6 Å². The lowest BCUT2D eigenvalue weighted by atomic mass is 9.74. The second kappa shape index (κ2) is 14.4. The lowest BCUT2D eigenvalue weighted by molar-refractivity contribution is 0.0949. The van der Waals surface area contributed by atoms with Gasteiger partial charge in [-0.25, -0.2) is 0 Å². The van der Waals surface area contributed by atoms with Crippen molar-refractivity contribution in [3.8, 4) is 17.6 Å². The maximum absolute atomic E-state index is 12.3. The fraction of sp³-hybridized carbons (Fsp3) is 0.548. The first kappa shape index (κ1) is 29.0. The Labute approximate surface area is 237 Å². The van der Waals surface area contributed by atoms with Crippen molar-refractivity contribution in [1.29, 1.82) is 5.26 Å². The minimum Gasteiger partial charge on any atom is -0.507 e. The molecule has 0 radical (unpaired) electrons. The molecule has 1 heterocycles. The van der Waals surface area contributed by atoms with Gasteiger partial charge in [0.25, 0.3) is 5.91 Å². The number of carbonyl (C=O) groups excluding carboxylic acids is 1. The number of nitrogens with zero attached hydrogens (tertiary/aromatic N) is 3. The topological polar surface area (TPSA) is 88.8 Å². The minimum absolute atomic E-state index is 0.0119. The van der Waals surface area contributed by atoms with Crippen molar-refractivity contribution in [2.75, 3.05) is 51.3 Å². The molecule has 7 nitrogen and oxygen atoms in total. The summed E-state index contributed by atoms with van der Waals surface area (Å²) in [7, 11) is 1.67. The van der Waals surface area contributed by atoms with Gasteiger partial charge in [-0.3, -0.25) is 9.69 Å². The van der Waals surface area contributed by atoms with Gasteiger partial charge in [-0.05, 0) is 74.8 Å². The summed E-state index contributed by atoms with van der Waals surface area (Å²) in [6, 6.07) is 15.0. The normalized spacial score (nSPS) is 20.7. The predicted molar refractivity (Wildman–Crippen MR) is 155 cm³/mol. The van der Waals surface area contributed by atoms with E-state index in [1.165, 1.54) is 25.3 Å². The first-order valence-electron chi connectivity index (χ1n) is 14.3. The van der Waals surface area contributed by atoms with E-state index in [4.69, 9.17) is 16.3 Å². The van der Waals surface area contributed by atoms with Crippen LogP contribution in [0.1, 0.15) is 55.3 Å². The molecule has 1 aliphatic carbocycles. The summed E-state index contributed by atoms with van der Waals surface area (Å²) in [5, 5.41) is 23.2. The van der Waals surface area contributed by atoms with E-state index in [1.807, 2.05) is 12.1 Å². The van der Waals surface area contributed by atoms with Crippen LogP contribution in [0.3, 0.4) is 0 Å². The van der Waals surface area contributed by atoms with E-state index in [9.17, 15) is 15.2 Å². The number of phenols is 1. The summed E-state index contributed by atoms with van der Waals surface area (Å²) in [5.41, 5.74) is 1.36. The molecular weight excluding hydrogens is 512 g/mol. The number of ether oxygens (including phenoxy) is 1. The number of para-hydroxylation sites is 2. The number of hydrogen-bond acceptors (Lipinski definition) is 6. The molecule has 4 rings (SSSR count). The third-order valence-electron chi connectivity index (χ3n) is 8.47. The van der Waals surface area contributed by atoms with Gasteiger partial charge in [0.1, 0.15) is 5.75 Å². The van der Waals surface area contributed by atoms with E-state index in [2.05, 4.69) is 27.3 Å². The Morgan fingerprint density at radius 2 is 1.87 bits per heavy atom. The zero-order chi connectivity index (χ0) is 27.6. The largest absolute Gasteiger partial charge is 0.507 e. The highest BCUT2D eigenvalue weighted by Crippen LogP contribution is 2.37. The number of halogens is 1. The Balaban J connectivity index is 1.12. The molecule has 1 saturated heterocycles. The fourth-order valence-electron chi connectivity index (χ4n) is 6.10. The van der Waals surface area contributed by atoms with Crippen molar-refractivity contribution in [1.82, 2.24) is 10.2 Å². The first-order chi connectivity index (χ1) is 19.0. The molecule has 0 aromatic heterocycles. The minimum atomic E-state index is -0.271. The molecule has 1 unspecified atom stereocenters. The van der Waals surface area contributed by atoms with Crippen LogP contribution in [0.2, 0.25) is 5.02 Å². The van der Waals surface area contributed by atoms with Crippen LogP contribution in [0, 0.1) is 29.1 Å². The van der Waals surface area contributed by atoms with E-state index in [-0.39, 0.29) is 23.1 Å². The Bertz CT molecular complexity index is 1120. The third-order valence-corrected chi connectivity index (χ3v) is 8.77. The number of nitrogens with one attached hydrogen (secondary N) is 1. The van der Waals surface area contributed by atoms with Gasteiger partial charge in [0.05, 0.1) is 29.5 Å². The van der Waals surface area contributed by atoms with E-state index in [0.717, 1.165) is 75.8 Å². The van der Waals surface area contributed by atoms with Crippen LogP contribution in [0.5, 0.6) is 11.5 Å². The number of anilines is 1. The zero-order valence-electron chi connectivity index (χ0n) is 22.9. The number of hydrogen-bond donors (Lipinski definition) is 2. The smallest absolute Gasteiger partial charge is 0.255 e. The van der Waals surface area contributed by atoms with Crippen LogP contribution in [-0.4, -0.2) is 62.3 Å². The molecule has 1 saturated carbocycles. The fourth-order valence-corrected chi connectivity index (χ4v) is 6.34. The molecule has 1 atom stereocenters. The highest BCUT2D eigenvalue weighted by atomic mass is 35.5. The van der Waals surface area contributed by atoms with Gasteiger partial charge >= 0.3 is 0 Å². The summed E-state index contributed by atoms with van der Waals surface area (Å²) in [4.78, 5) is 17.2. The molecule has 1 aliphatic heterocycles. The molecule has 1 amide bonds. The van der Waals surface area contributed by atoms with Crippen molar-refractivity contribution in [3.05, 3.63) is 53.1 Å². The van der Waals surface area contributed by atoms with Crippen LogP contribution in [-0.2, 0) is 0 Å². The third kappa shape index (κ3) is 7.80.